The van der Waals surface area contributed by atoms with Gasteiger partial charge < -0.3 is 10.2 Å². The number of amides is 2. The zero-order valence-corrected chi connectivity index (χ0v) is 15.1. The first kappa shape index (κ1) is 17.4. The second-order valence-corrected chi connectivity index (χ2v) is 7.53. The van der Waals surface area contributed by atoms with Crippen LogP contribution >= 0.6 is 11.6 Å². The van der Waals surface area contributed by atoms with Gasteiger partial charge in [0.15, 0.2) is 0 Å². The summed E-state index contributed by atoms with van der Waals surface area (Å²) in [4.78, 5) is 27.2. The van der Waals surface area contributed by atoms with Gasteiger partial charge in [0.1, 0.15) is 12.6 Å². The van der Waals surface area contributed by atoms with Crippen molar-refractivity contribution in [1.82, 2.24) is 25.2 Å². The molecule has 0 saturated carbocycles. The van der Waals surface area contributed by atoms with Crippen LogP contribution in [-0.2, 0) is 22.7 Å². The number of carbonyl (C=O) groups excluding carboxylic acids is 2. The number of nitrogens with one attached hydrogen (secondary N) is 1. The summed E-state index contributed by atoms with van der Waals surface area (Å²) in [5.74, 6) is -0.411. The maximum atomic E-state index is 13.0. The van der Waals surface area contributed by atoms with E-state index < -0.39 is 11.6 Å². The van der Waals surface area contributed by atoms with Gasteiger partial charge >= 0.3 is 0 Å². The van der Waals surface area contributed by atoms with Crippen LogP contribution in [0.15, 0.2) is 30.5 Å². The predicted molar refractivity (Wildman–Crippen MR) is 92.7 cm³/mol. The molecule has 0 fully saturated rings. The van der Waals surface area contributed by atoms with Crippen LogP contribution in [0.2, 0.25) is 5.02 Å². The summed E-state index contributed by atoms with van der Waals surface area (Å²) in [5, 5.41) is 11.3. The summed E-state index contributed by atoms with van der Waals surface area (Å²) in [6.07, 6.45) is 1.61. The zero-order valence-electron chi connectivity index (χ0n) is 14.4. The molecular formula is C17H20ClN5O2. The lowest BCUT2D eigenvalue weighted by atomic mass is 10.0. The van der Waals surface area contributed by atoms with Crippen molar-refractivity contribution in [2.45, 2.75) is 45.4 Å². The molecule has 0 bridgehead atoms. The van der Waals surface area contributed by atoms with Crippen molar-refractivity contribution in [2.75, 3.05) is 0 Å². The Hall–Kier alpha value is -2.41. The van der Waals surface area contributed by atoms with Crippen molar-refractivity contribution < 1.29 is 9.59 Å². The summed E-state index contributed by atoms with van der Waals surface area (Å²) in [6.45, 7) is 6.06. The number of rotatable bonds is 3. The molecule has 0 aliphatic carbocycles. The number of fused-ring (bicyclic) bond motifs is 1. The van der Waals surface area contributed by atoms with Crippen LogP contribution in [0.25, 0.3) is 0 Å². The number of benzene rings is 1. The van der Waals surface area contributed by atoms with Crippen molar-refractivity contribution >= 4 is 23.4 Å². The SMILES string of the molecule is CC(C)(C)NC(=O)C(c1ccc(Cl)cc1)N1Cc2cnnn2CC1=O. The van der Waals surface area contributed by atoms with Gasteiger partial charge in [-0.15, -0.1) is 5.10 Å². The lowest BCUT2D eigenvalue weighted by Gasteiger charge is -2.35. The van der Waals surface area contributed by atoms with Gasteiger partial charge in [0.25, 0.3) is 0 Å². The normalized spacial score (nSPS) is 15.7. The third kappa shape index (κ3) is 3.82. The number of carbonyl (C=O) groups is 2. The van der Waals surface area contributed by atoms with Crippen LogP contribution in [0.3, 0.4) is 0 Å². The number of halogens is 1. The molecule has 1 aromatic carbocycles. The highest BCUT2D eigenvalue weighted by Crippen LogP contribution is 2.27. The van der Waals surface area contributed by atoms with Gasteiger partial charge in [-0.05, 0) is 38.5 Å². The number of aromatic nitrogens is 3. The van der Waals surface area contributed by atoms with Gasteiger partial charge in [0.2, 0.25) is 11.8 Å². The summed E-state index contributed by atoms with van der Waals surface area (Å²) in [7, 11) is 0. The maximum absolute atomic E-state index is 13.0. The molecule has 2 aromatic rings. The van der Waals surface area contributed by atoms with E-state index >= 15 is 0 Å². The molecule has 0 radical (unpaired) electrons. The fourth-order valence-electron chi connectivity index (χ4n) is 2.81. The Morgan fingerprint density at radius 3 is 2.56 bits per heavy atom. The first-order valence-corrected chi connectivity index (χ1v) is 8.37. The molecule has 1 aliphatic heterocycles. The van der Waals surface area contributed by atoms with E-state index in [0.29, 0.717) is 10.6 Å². The van der Waals surface area contributed by atoms with E-state index in [1.165, 1.54) is 0 Å². The standard InChI is InChI=1S/C17H20ClN5O2/c1-17(2,3)20-16(25)15(11-4-6-12(18)7-5-11)22-9-13-8-19-21-23(13)10-14(22)24/h4-8,15H,9-10H2,1-3H3,(H,20,25). The number of hydrogen-bond acceptors (Lipinski definition) is 4. The fraction of sp³-hybridized carbons (Fsp3) is 0.412. The minimum Gasteiger partial charge on any atom is -0.349 e. The molecule has 1 unspecified atom stereocenters. The maximum Gasteiger partial charge on any atom is 0.247 e. The van der Waals surface area contributed by atoms with Crippen LogP contribution in [0.1, 0.15) is 38.1 Å². The van der Waals surface area contributed by atoms with E-state index in [2.05, 4.69) is 15.6 Å². The molecule has 0 saturated heterocycles. The van der Waals surface area contributed by atoms with Crippen molar-refractivity contribution in [1.29, 1.82) is 0 Å². The fourth-order valence-corrected chi connectivity index (χ4v) is 2.93. The molecule has 2 heterocycles. The smallest absolute Gasteiger partial charge is 0.247 e. The number of nitrogens with zero attached hydrogens (tertiary/aromatic N) is 4. The van der Waals surface area contributed by atoms with Crippen molar-refractivity contribution in [2.24, 2.45) is 0 Å². The average molecular weight is 362 g/mol. The lowest BCUT2D eigenvalue weighted by Crippen LogP contribution is -2.51. The second kappa shape index (κ2) is 6.48. The molecule has 2 amide bonds. The van der Waals surface area contributed by atoms with Gasteiger partial charge in [-0.1, -0.05) is 28.9 Å². The molecule has 132 valence electrons. The van der Waals surface area contributed by atoms with Crippen LogP contribution in [0, 0.1) is 0 Å². The van der Waals surface area contributed by atoms with E-state index in [1.807, 2.05) is 20.8 Å². The molecule has 1 aromatic heterocycles. The highest BCUT2D eigenvalue weighted by atomic mass is 35.5. The van der Waals surface area contributed by atoms with Crippen LogP contribution < -0.4 is 5.32 Å². The zero-order chi connectivity index (χ0) is 18.2. The van der Waals surface area contributed by atoms with Crippen molar-refractivity contribution in [3.63, 3.8) is 0 Å². The van der Waals surface area contributed by atoms with E-state index in [9.17, 15) is 9.59 Å². The highest BCUT2D eigenvalue weighted by Gasteiger charge is 2.36. The molecule has 25 heavy (non-hydrogen) atoms. The van der Waals surface area contributed by atoms with E-state index in [4.69, 9.17) is 11.6 Å². The molecule has 8 heteroatoms. The molecule has 7 nitrogen and oxygen atoms in total. The number of hydrogen-bond donors (Lipinski definition) is 1. The van der Waals surface area contributed by atoms with E-state index in [1.54, 1.807) is 40.0 Å². The molecular weight excluding hydrogens is 342 g/mol. The average Bonchev–Trinajstić information content (AvgIpc) is 2.95. The van der Waals surface area contributed by atoms with Gasteiger partial charge in [-0.2, -0.15) is 0 Å². The Balaban J connectivity index is 1.97. The summed E-state index contributed by atoms with van der Waals surface area (Å²) < 4.78 is 1.55. The Morgan fingerprint density at radius 2 is 1.92 bits per heavy atom. The first-order valence-electron chi connectivity index (χ1n) is 7.99. The summed E-state index contributed by atoms with van der Waals surface area (Å²) in [6, 6.07) is 6.23. The van der Waals surface area contributed by atoms with E-state index in [-0.39, 0.29) is 24.9 Å². The van der Waals surface area contributed by atoms with Gasteiger partial charge in [0, 0.05) is 10.6 Å². The second-order valence-electron chi connectivity index (χ2n) is 7.10. The molecule has 1 aliphatic rings. The van der Waals surface area contributed by atoms with Crippen LogP contribution in [0.4, 0.5) is 0 Å². The van der Waals surface area contributed by atoms with E-state index in [0.717, 1.165) is 5.69 Å². The molecule has 0 spiro atoms. The van der Waals surface area contributed by atoms with Gasteiger partial charge in [-0.25, -0.2) is 4.68 Å². The van der Waals surface area contributed by atoms with Crippen molar-refractivity contribution in [3.05, 3.63) is 46.7 Å². The van der Waals surface area contributed by atoms with Gasteiger partial charge in [-0.3, -0.25) is 9.59 Å². The topological polar surface area (TPSA) is 80.1 Å². The monoisotopic (exact) mass is 361 g/mol. The molecule has 3 rings (SSSR count). The molecule has 1 N–H and O–H groups in total. The minimum atomic E-state index is -0.743. The lowest BCUT2D eigenvalue weighted by molar-refractivity contribution is -0.144. The summed E-state index contributed by atoms with van der Waals surface area (Å²) >= 11 is 5.97. The highest BCUT2D eigenvalue weighted by molar-refractivity contribution is 6.30. The Labute approximate surface area is 150 Å². The third-order valence-electron chi connectivity index (χ3n) is 3.88. The van der Waals surface area contributed by atoms with Crippen LogP contribution in [0.5, 0.6) is 0 Å². The van der Waals surface area contributed by atoms with Crippen molar-refractivity contribution in [3.8, 4) is 0 Å². The predicted octanol–water partition coefficient (Wildman–Crippen LogP) is 1.93. The first-order chi connectivity index (χ1) is 11.7. The Bertz CT molecular complexity index is 794. The summed E-state index contributed by atoms with van der Waals surface area (Å²) in [5.41, 5.74) is 1.09. The third-order valence-corrected chi connectivity index (χ3v) is 4.13. The Morgan fingerprint density at radius 1 is 1.24 bits per heavy atom. The molecule has 1 atom stereocenters. The Kier molecular flexibility index (Phi) is 4.51. The largest absolute Gasteiger partial charge is 0.349 e. The minimum absolute atomic E-state index is 0.0716. The van der Waals surface area contributed by atoms with Gasteiger partial charge in [0.05, 0.1) is 18.4 Å². The quantitative estimate of drug-likeness (QED) is 0.905. The van der Waals surface area contributed by atoms with Crippen LogP contribution in [-0.4, -0.2) is 37.2 Å².